The van der Waals surface area contributed by atoms with Crippen molar-refractivity contribution in [3.63, 3.8) is 0 Å². The molecule has 2 aromatic rings. The van der Waals surface area contributed by atoms with Crippen molar-refractivity contribution in [2.24, 2.45) is 5.73 Å². The van der Waals surface area contributed by atoms with Crippen molar-refractivity contribution in [1.29, 1.82) is 0 Å². The lowest BCUT2D eigenvalue weighted by molar-refractivity contribution is 0.403. The Morgan fingerprint density at radius 1 is 1.25 bits per heavy atom. The van der Waals surface area contributed by atoms with E-state index in [1.807, 2.05) is 30.5 Å². The SMILES string of the molecule is COc1cc(C)cc(C)c1C(N)CCc1ccccn1. The maximum absolute atomic E-state index is 6.36. The minimum atomic E-state index is -0.0347. The molecule has 1 unspecified atom stereocenters. The van der Waals surface area contributed by atoms with Crippen LogP contribution in [0.1, 0.15) is 34.8 Å². The largest absolute Gasteiger partial charge is 0.496 e. The van der Waals surface area contributed by atoms with E-state index < -0.39 is 0 Å². The van der Waals surface area contributed by atoms with Gasteiger partial charge in [-0.1, -0.05) is 12.1 Å². The van der Waals surface area contributed by atoms with Crippen molar-refractivity contribution in [3.8, 4) is 5.75 Å². The van der Waals surface area contributed by atoms with Gasteiger partial charge in [-0.3, -0.25) is 4.98 Å². The van der Waals surface area contributed by atoms with Crippen molar-refractivity contribution >= 4 is 0 Å². The second kappa shape index (κ2) is 6.53. The van der Waals surface area contributed by atoms with Crippen LogP contribution >= 0.6 is 0 Å². The zero-order valence-electron chi connectivity index (χ0n) is 12.4. The molecule has 0 saturated carbocycles. The fourth-order valence-corrected chi connectivity index (χ4v) is 2.58. The van der Waals surface area contributed by atoms with Gasteiger partial charge in [0, 0.05) is 23.5 Å². The van der Waals surface area contributed by atoms with Gasteiger partial charge in [0.25, 0.3) is 0 Å². The first kappa shape index (κ1) is 14.5. The Bertz CT molecular complexity index is 567. The zero-order chi connectivity index (χ0) is 14.5. The van der Waals surface area contributed by atoms with Crippen LogP contribution in [0.4, 0.5) is 0 Å². The van der Waals surface area contributed by atoms with Gasteiger partial charge in [-0.05, 0) is 56.0 Å². The number of methoxy groups -OCH3 is 1. The van der Waals surface area contributed by atoms with Crippen LogP contribution in [0.5, 0.6) is 5.75 Å². The van der Waals surface area contributed by atoms with Gasteiger partial charge in [0.05, 0.1) is 7.11 Å². The van der Waals surface area contributed by atoms with Crippen LogP contribution in [0, 0.1) is 13.8 Å². The lowest BCUT2D eigenvalue weighted by atomic mass is 9.95. The molecule has 0 saturated heterocycles. The molecule has 0 aliphatic carbocycles. The summed E-state index contributed by atoms with van der Waals surface area (Å²) in [4.78, 5) is 4.34. The summed E-state index contributed by atoms with van der Waals surface area (Å²) in [5.74, 6) is 0.885. The summed E-state index contributed by atoms with van der Waals surface area (Å²) in [5.41, 5.74) is 10.9. The Morgan fingerprint density at radius 3 is 2.70 bits per heavy atom. The van der Waals surface area contributed by atoms with Crippen molar-refractivity contribution in [3.05, 3.63) is 58.9 Å². The molecule has 106 valence electrons. The molecular formula is C17H22N2O. The van der Waals surface area contributed by atoms with E-state index in [1.54, 1.807) is 7.11 Å². The van der Waals surface area contributed by atoms with Crippen molar-refractivity contribution in [2.45, 2.75) is 32.7 Å². The fourth-order valence-electron chi connectivity index (χ4n) is 2.58. The van der Waals surface area contributed by atoms with Gasteiger partial charge in [-0.2, -0.15) is 0 Å². The van der Waals surface area contributed by atoms with Crippen LogP contribution < -0.4 is 10.5 Å². The van der Waals surface area contributed by atoms with Crippen LogP contribution in [0.3, 0.4) is 0 Å². The number of pyridine rings is 1. The summed E-state index contributed by atoms with van der Waals surface area (Å²) >= 11 is 0. The van der Waals surface area contributed by atoms with Crippen LogP contribution in [0.25, 0.3) is 0 Å². The number of aromatic nitrogens is 1. The number of hydrogen-bond donors (Lipinski definition) is 1. The first-order valence-corrected chi connectivity index (χ1v) is 6.92. The highest BCUT2D eigenvalue weighted by molar-refractivity contribution is 5.45. The third-order valence-corrected chi connectivity index (χ3v) is 3.52. The summed E-state index contributed by atoms with van der Waals surface area (Å²) in [6.45, 7) is 4.16. The van der Waals surface area contributed by atoms with Gasteiger partial charge in [0.2, 0.25) is 0 Å². The first-order chi connectivity index (χ1) is 9.61. The van der Waals surface area contributed by atoms with Crippen LogP contribution in [0.2, 0.25) is 0 Å². The average molecular weight is 270 g/mol. The van der Waals surface area contributed by atoms with E-state index in [4.69, 9.17) is 10.5 Å². The second-order valence-electron chi connectivity index (χ2n) is 5.16. The number of hydrogen-bond acceptors (Lipinski definition) is 3. The monoisotopic (exact) mass is 270 g/mol. The number of nitrogens with zero attached hydrogens (tertiary/aromatic N) is 1. The third-order valence-electron chi connectivity index (χ3n) is 3.52. The Morgan fingerprint density at radius 2 is 2.05 bits per heavy atom. The quantitative estimate of drug-likeness (QED) is 0.906. The molecule has 3 heteroatoms. The van der Waals surface area contributed by atoms with Gasteiger partial charge in [0.1, 0.15) is 5.75 Å². The Kier molecular flexibility index (Phi) is 4.74. The van der Waals surface area contributed by atoms with E-state index in [0.29, 0.717) is 0 Å². The highest BCUT2D eigenvalue weighted by Gasteiger charge is 2.15. The van der Waals surface area contributed by atoms with Gasteiger partial charge in [-0.15, -0.1) is 0 Å². The van der Waals surface area contributed by atoms with E-state index in [-0.39, 0.29) is 6.04 Å². The number of aryl methyl sites for hydroxylation is 3. The highest BCUT2D eigenvalue weighted by Crippen LogP contribution is 2.30. The molecule has 3 nitrogen and oxygen atoms in total. The molecule has 0 amide bonds. The van der Waals surface area contributed by atoms with Crippen LogP contribution in [-0.2, 0) is 6.42 Å². The van der Waals surface area contributed by atoms with Gasteiger partial charge < -0.3 is 10.5 Å². The summed E-state index contributed by atoms with van der Waals surface area (Å²) in [5, 5.41) is 0. The number of ether oxygens (including phenoxy) is 1. The second-order valence-corrected chi connectivity index (χ2v) is 5.16. The topological polar surface area (TPSA) is 48.1 Å². The standard InChI is InChI=1S/C17H22N2O/c1-12-10-13(2)17(16(11-12)20-3)15(18)8-7-14-6-4-5-9-19-14/h4-6,9-11,15H,7-8,18H2,1-3H3. The average Bonchev–Trinajstić information content (AvgIpc) is 2.45. The van der Waals surface area contributed by atoms with Crippen LogP contribution in [0.15, 0.2) is 36.5 Å². The smallest absolute Gasteiger partial charge is 0.124 e. The normalized spacial score (nSPS) is 12.2. The van der Waals surface area contributed by atoms with E-state index >= 15 is 0 Å². The lowest BCUT2D eigenvalue weighted by Crippen LogP contribution is -2.14. The molecule has 2 N–H and O–H groups in total. The predicted molar refractivity (Wildman–Crippen MR) is 82.0 cm³/mol. The molecule has 0 aliphatic heterocycles. The number of benzene rings is 1. The maximum atomic E-state index is 6.36. The minimum Gasteiger partial charge on any atom is -0.496 e. The van der Waals surface area contributed by atoms with Crippen LogP contribution in [-0.4, -0.2) is 12.1 Å². The fraction of sp³-hybridized carbons (Fsp3) is 0.353. The first-order valence-electron chi connectivity index (χ1n) is 6.92. The van der Waals surface area contributed by atoms with Gasteiger partial charge >= 0.3 is 0 Å². The van der Waals surface area contributed by atoms with E-state index in [0.717, 1.165) is 29.8 Å². The van der Waals surface area contributed by atoms with E-state index in [1.165, 1.54) is 11.1 Å². The van der Waals surface area contributed by atoms with Crippen molar-refractivity contribution < 1.29 is 4.74 Å². The summed E-state index contributed by atoms with van der Waals surface area (Å²) < 4.78 is 5.48. The molecule has 0 bridgehead atoms. The Balaban J connectivity index is 2.15. The maximum Gasteiger partial charge on any atom is 0.124 e. The molecule has 0 aliphatic rings. The summed E-state index contributed by atoms with van der Waals surface area (Å²) in [6, 6.07) is 10.1. The minimum absolute atomic E-state index is 0.0347. The Hall–Kier alpha value is -1.87. The molecule has 2 rings (SSSR count). The third kappa shape index (κ3) is 3.36. The molecule has 1 aromatic heterocycles. The summed E-state index contributed by atoms with van der Waals surface area (Å²) in [6.07, 6.45) is 3.55. The summed E-state index contributed by atoms with van der Waals surface area (Å²) in [7, 11) is 1.70. The highest BCUT2D eigenvalue weighted by atomic mass is 16.5. The zero-order valence-corrected chi connectivity index (χ0v) is 12.4. The van der Waals surface area contributed by atoms with Crippen molar-refractivity contribution in [1.82, 2.24) is 4.98 Å². The van der Waals surface area contributed by atoms with Crippen molar-refractivity contribution in [2.75, 3.05) is 7.11 Å². The number of nitrogens with two attached hydrogens (primary N) is 1. The molecule has 20 heavy (non-hydrogen) atoms. The molecular weight excluding hydrogens is 248 g/mol. The number of rotatable bonds is 5. The molecule has 0 radical (unpaired) electrons. The molecule has 1 heterocycles. The van der Waals surface area contributed by atoms with E-state index in [2.05, 4.69) is 24.9 Å². The molecule has 1 atom stereocenters. The van der Waals surface area contributed by atoms with E-state index in [9.17, 15) is 0 Å². The molecule has 1 aromatic carbocycles. The predicted octanol–water partition coefficient (Wildman–Crippen LogP) is 3.34. The van der Waals surface area contributed by atoms with Gasteiger partial charge in [0.15, 0.2) is 0 Å². The lowest BCUT2D eigenvalue weighted by Gasteiger charge is -2.19. The van der Waals surface area contributed by atoms with Gasteiger partial charge in [-0.25, -0.2) is 0 Å². The molecule has 0 fully saturated rings. The Labute approximate surface area is 120 Å². The molecule has 0 spiro atoms.